The molecular weight excluding hydrogens is 338 g/mol. The van der Waals surface area contributed by atoms with Crippen LogP contribution in [0.3, 0.4) is 0 Å². The van der Waals surface area contributed by atoms with E-state index in [1.807, 2.05) is 36.4 Å². The molecule has 0 fully saturated rings. The van der Waals surface area contributed by atoms with Crippen LogP contribution in [0.25, 0.3) is 10.9 Å². The van der Waals surface area contributed by atoms with Gasteiger partial charge in [0.15, 0.2) is 0 Å². The van der Waals surface area contributed by atoms with Crippen molar-refractivity contribution in [1.82, 2.24) is 15.0 Å². The van der Waals surface area contributed by atoms with E-state index in [0.29, 0.717) is 5.95 Å². The fourth-order valence-corrected chi connectivity index (χ4v) is 2.98. The molecule has 0 amide bonds. The number of para-hydroxylation sites is 1. The second-order valence-electron chi connectivity index (χ2n) is 6.16. The highest BCUT2D eigenvalue weighted by atomic mass is 16.5. The highest BCUT2D eigenvalue weighted by molar-refractivity contribution is 5.83. The molecule has 0 atom stereocenters. The maximum atomic E-state index is 5.17. The monoisotopic (exact) mass is 359 g/mol. The van der Waals surface area contributed by atoms with E-state index in [0.717, 1.165) is 35.7 Å². The number of benzene rings is 2. The normalized spacial score (nSPS) is 10.7. The van der Waals surface area contributed by atoms with Crippen LogP contribution in [-0.2, 0) is 6.42 Å². The van der Waals surface area contributed by atoms with Crippen molar-refractivity contribution in [3.05, 3.63) is 72.6 Å². The summed E-state index contributed by atoms with van der Waals surface area (Å²) in [5.41, 5.74) is 3.39. The van der Waals surface area contributed by atoms with E-state index < -0.39 is 0 Å². The van der Waals surface area contributed by atoms with E-state index in [9.17, 15) is 0 Å². The Kier molecular flexibility index (Phi) is 4.87. The lowest BCUT2D eigenvalue weighted by atomic mass is 10.1. The van der Waals surface area contributed by atoms with E-state index in [1.165, 1.54) is 10.9 Å². The summed E-state index contributed by atoms with van der Waals surface area (Å²) in [6.45, 7) is 0.758. The van der Waals surface area contributed by atoms with E-state index in [-0.39, 0.29) is 0 Å². The van der Waals surface area contributed by atoms with Crippen molar-refractivity contribution in [3.63, 3.8) is 0 Å². The lowest BCUT2D eigenvalue weighted by Crippen LogP contribution is -2.08. The zero-order valence-corrected chi connectivity index (χ0v) is 15.1. The minimum absolute atomic E-state index is 0.605. The lowest BCUT2D eigenvalue weighted by Gasteiger charge is -2.09. The van der Waals surface area contributed by atoms with Crippen LogP contribution in [-0.4, -0.2) is 28.6 Å². The topological polar surface area (TPSA) is 74.9 Å². The van der Waals surface area contributed by atoms with Crippen molar-refractivity contribution in [2.45, 2.75) is 6.42 Å². The summed E-state index contributed by atoms with van der Waals surface area (Å²) in [7, 11) is 1.65. The summed E-state index contributed by atoms with van der Waals surface area (Å²) in [6.07, 6.45) is 4.70. The van der Waals surface area contributed by atoms with Gasteiger partial charge in [-0.1, -0.05) is 18.2 Å². The molecule has 2 aromatic carbocycles. The molecule has 0 saturated carbocycles. The van der Waals surface area contributed by atoms with Crippen LogP contribution in [0.2, 0.25) is 0 Å². The van der Waals surface area contributed by atoms with Crippen LogP contribution >= 0.6 is 0 Å². The Bertz CT molecular complexity index is 1030. The predicted molar refractivity (Wildman–Crippen MR) is 109 cm³/mol. The third-order valence-corrected chi connectivity index (χ3v) is 4.37. The quantitative estimate of drug-likeness (QED) is 0.457. The predicted octanol–water partition coefficient (Wildman–Crippen LogP) is 4.36. The lowest BCUT2D eigenvalue weighted by molar-refractivity contribution is 0.415. The van der Waals surface area contributed by atoms with Gasteiger partial charge in [-0.2, -0.15) is 4.98 Å². The second kappa shape index (κ2) is 7.78. The molecule has 0 aliphatic rings. The molecule has 6 heteroatoms. The minimum Gasteiger partial charge on any atom is -0.497 e. The summed E-state index contributed by atoms with van der Waals surface area (Å²) in [5, 5.41) is 7.83. The van der Waals surface area contributed by atoms with Gasteiger partial charge in [-0.05, 0) is 48.4 Å². The van der Waals surface area contributed by atoms with Crippen LogP contribution in [0.15, 0.2) is 67.0 Å². The Morgan fingerprint density at radius 1 is 1.04 bits per heavy atom. The first-order valence-electron chi connectivity index (χ1n) is 8.85. The second-order valence-corrected chi connectivity index (χ2v) is 6.16. The molecular formula is C21H21N5O. The number of aromatic nitrogens is 3. The maximum absolute atomic E-state index is 5.17. The van der Waals surface area contributed by atoms with E-state index in [2.05, 4.69) is 50.0 Å². The Balaban J connectivity index is 1.37. The smallest absolute Gasteiger partial charge is 0.224 e. The van der Waals surface area contributed by atoms with Gasteiger partial charge in [-0.15, -0.1) is 0 Å². The highest BCUT2D eigenvalue weighted by Crippen LogP contribution is 2.20. The summed E-state index contributed by atoms with van der Waals surface area (Å²) < 4.78 is 5.17. The number of aromatic amines is 1. The molecule has 4 aromatic rings. The molecule has 0 unspecified atom stereocenters. The van der Waals surface area contributed by atoms with Gasteiger partial charge in [0.1, 0.15) is 11.6 Å². The van der Waals surface area contributed by atoms with Crippen molar-refractivity contribution in [1.29, 1.82) is 0 Å². The van der Waals surface area contributed by atoms with E-state index in [4.69, 9.17) is 4.74 Å². The highest BCUT2D eigenvalue weighted by Gasteiger charge is 2.04. The van der Waals surface area contributed by atoms with Crippen LogP contribution < -0.4 is 15.4 Å². The average molecular weight is 359 g/mol. The van der Waals surface area contributed by atoms with Crippen LogP contribution in [0.5, 0.6) is 5.75 Å². The van der Waals surface area contributed by atoms with Gasteiger partial charge in [-0.25, -0.2) is 4.98 Å². The van der Waals surface area contributed by atoms with Gasteiger partial charge in [0.05, 0.1) is 7.11 Å². The molecule has 0 bridgehead atoms. The Hall–Kier alpha value is -3.54. The minimum atomic E-state index is 0.605. The molecule has 0 saturated heterocycles. The molecule has 2 heterocycles. The van der Waals surface area contributed by atoms with Crippen molar-refractivity contribution >= 4 is 28.4 Å². The van der Waals surface area contributed by atoms with Crippen LogP contribution in [0, 0.1) is 0 Å². The summed E-state index contributed by atoms with van der Waals surface area (Å²) >= 11 is 0. The van der Waals surface area contributed by atoms with Crippen molar-refractivity contribution in [2.24, 2.45) is 0 Å². The van der Waals surface area contributed by atoms with Gasteiger partial charge in [0.2, 0.25) is 5.95 Å². The first-order valence-corrected chi connectivity index (χ1v) is 8.85. The van der Waals surface area contributed by atoms with Crippen molar-refractivity contribution in [2.75, 3.05) is 24.3 Å². The first kappa shape index (κ1) is 16.9. The Morgan fingerprint density at radius 2 is 1.89 bits per heavy atom. The third kappa shape index (κ3) is 4.00. The number of fused-ring (bicyclic) bond motifs is 1. The number of anilines is 3. The Labute approximate surface area is 157 Å². The molecule has 0 aliphatic carbocycles. The molecule has 4 rings (SSSR count). The van der Waals surface area contributed by atoms with Gasteiger partial charge in [-0.3, -0.25) is 0 Å². The Morgan fingerprint density at radius 3 is 2.74 bits per heavy atom. The van der Waals surface area contributed by atoms with Crippen molar-refractivity contribution in [3.8, 4) is 5.75 Å². The molecule has 0 radical (unpaired) electrons. The van der Waals surface area contributed by atoms with Gasteiger partial charge >= 0.3 is 0 Å². The number of nitrogens with zero attached hydrogens (tertiary/aromatic N) is 2. The summed E-state index contributed by atoms with van der Waals surface area (Å²) in [6, 6.07) is 17.9. The number of rotatable bonds is 7. The van der Waals surface area contributed by atoms with Crippen LogP contribution in [0.1, 0.15) is 5.56 Å². The number of hydrogen-bond acceptors (Lipinski definition) is 5. The number of ether oxygens (including phenoxy) is 1. The van der Waals surface area contributed by atoms with E-state index >= 15 is 0 Å². The van der Waals surface area contributed by atoms with Gasteiger partial charge < -0.3 is 20.4 Å². The van der Waals surface area contributed by atoms with E-state index in [1.54, 1.807) is 13.3 Å². The third-order valence-electron chi connectivity index (χ3n) is 4.37. The van der Waals surface area contributed by atoms with Gasteiger partial charge in [0.25, 0.3) is 0 Å². The summed E-state index contributed by atoms with van der Waals surface area (Å²) in [4.78, 5) is 12.1. The number of H-pyrrole nitrogens is 1. The zero-order valence-electron chi connectivity index (χ0n) is 15.1. The number of hydrogen-bond donors (Lipinski definition) is 3. The molecule has 2 aromatic heterocycles. The maximum Gasteiger partial charge on any atom is 0.224 e. The SMILES string of the molecule is COc1ccc(Nc2ccnc(NCCc3c[nH]c4ccccc34)n2)cc1. The molecule has 0 spiro atoms. The van der Waals surface area contributed by atoms with Crippen molar-refractivity contribution < 1.29 is 4.74 Å². The average Bonchev–Trinajstić information content (AvgIpc) is 3.12. The zero-order chi connectivity index (χ0) is 18.5. The fourth-order valence-electron chi connectivity index (χ4n) is 2.98. The molecule has 136 valence electrons. The number of nitrogens with one attached hydrogen (secondary N) is 3. The van der Waals surface area contributed by atoms with Crippen LogP contribution in [0.4, 0.5) is 17.5 Å². The first-order chi connectivity index (χ1) is 13.3. The molecule has 0 aliphatic heterocycles. The standard InChI is InChI=1S/C21H21N5O/c1-27-17-8-6-16(7-9-17)25-20-11-13-23-21(26-20)22-12-10-15-14-24-19-5-3-2-4-18(15)19/h2-9,11,13-14,24H,10,12H2,1H3,(H2,22,23,25,26). The summed E-state index contributed by atoms with van der Waals surface area (Å²) in [5.74, 6) is 2.17. The van der Waals surface area contributed by atoms with Gasteiger partial charge in [0, 0.05) is 35.5 Å². The number of methoxy groups -OCH3 is 1. The molecule has 6 nitrogen and oxygen atoms in total. The largest absolute Gasteiger partial charge is 0.497 e. The molecule has 27 heavy (non-hydrogen) atoms. The molecule has 3 N–H and O–H groups in total. The fraction of sp³-hybridized carbons (Fsp3) is 0.143.